The van der Waals surface area contributed by atoms with E-state index in [2.05, 4.69) is 15.9 Å². The molecule has 0 bridgehead atoms. The lowest BCUT2D eigenvalue weighted by Crippen LogP contribution is -2.15. The highest BCUT2D eigenvalue weighted by atomic mass is 79.9. The predicted molar refractivity (Wildman–Crippen MR) is 66.5 cm³/mol. The van der Waals surface area contributed by atoms with E-state index in [0.29, 0.717) is 11.0 Å². The van der Waals surface area contributed by atoms with Gasteiger partial charge in [-0.05, 0) is 34.5 Å². The van der Waals surface area contributed by atoms with Crippen molar-refractivity contribution in [3.8, 4) is 0 Å². The van der Waals surface area contributed by atoms with Crippen molar-refractivity contribution in [2.75, 3.05) is 0 Å². The van der Waals surface area contributed by atoms with Crippen LogP contribution in [0.25, 0.3) is 0 Å². The lowest BCUT2D eigenvalue weighted by Gasteiger charge is -2.07. The second-order valence-electron chi connectivity index (χ2n) is 3.44. The van der Waals surface area contributed by atoms with Gasteiger partial charge in [0.05, 0.1) is 11.0 Å². The fourth-order valence-electron chi connectivity index (χ4n) is 1.44. The third-order valence-corrected chi connectivity index (χ3v) is 4.11. The fraction of sp³-hybridized carbons (Fsp3) is 0.182. The number of rotatable bonds is 2. The summed E-state index contributed by atoms with van der Waals surface area (Å²) in [5.74, 6) is -0.307. The van der Waals surface area contributed by atoms with Crippen LogP contribution in [0, 0.1) is 12.7 Å². The Bertz CT molecular complexity index is 576. The van der Waals surface area contributed by atoms with Crippen molar-refractivity contribution in [1.82, 2.24) is 4.57 Å². The average Bonchev–Trinajstić information content (AvgIpc) is 2.56. The van der Waals surface area contributed by atoms with E-state index < -0.39 is 0 Å². The zero-order valence-corrected chi connectivity index (χ0v) is 10.9. The number of aryl methyl sites for hydroxylation is 1. The molecule has 0 atom stereocenters. The van der Waals surface area contributed by atoms with Gasteiger partial charge < -0.3 is 0 Å². The van der Waals surface area contributed by atoms with Crippen LogP contribution in [0.3, 0.4) is 0 Å². The highest BCUT2D eigenvalue weighted by Crippen LogP contribution is 2.21. The van der Waals surface area contributed by atoms with Crippen molar-refractivity contribution in [2.24, 2.45) is 0 Å². The van der Waals surface area contributed by atoms with Crippen LogP contribution in [0.15, 0.2) is 32.8 Å². The minimum atomic E-state index is -0.307. The summed E-state index contributed by atoms with van der Waals surface area (Å²) in [5.41, 5.74) is 1.66. The van der Waals surface area contributed by atoms with Gasteiger partial charge in [-0.1, -0.05) is 23.5 Å². The molecule has 0 aliphatic rings. The van der Waals surface area contributed by atoms with Crippen LogP contribution in [-0.2, 0) is 6.54 Å². The van der Waals surface area contributed by atoms with Crippen molar-refractivity contribution in [3.05, 3.63) is 54.8 Å². The van der Waals surface area contributed by atoms with Gasteiger partial charge in [-0.2, -0.15) is 0 Å². The van der Waals surface area contributed by atoms with Crippen LogP contribution < -0.4 is 4.87 Å². The van der Waals surface area contributed by atoms with E-state index in [9.17, 15) is 9.18 Å². The number of hydrogen-bond acceptors (Lipinski definition) is 2. The molecule has 5 heteroatoms. The number of benzene rings is 1. The molecule has 0 spiro atoms. The van der Waals surface area contributed by atoms with Crippen molar-refractivity contribution in [3.63, 3.8) is 0 Å². The van der Waals surface area contributed by atoms with Crippen molar-refractivity contribution in [2.45, 2.75) is 13.5 Å². The first-order valence-electron chi connectivity index (χ1n) is 4.67. The number of hydrogen-bond donors (Lipinski definition) is 0. The summed E-state index contributed by atoms with van der Waals surface area (Å²) in [7, 11) is 0. The second kappa shape index (κ2) is 4.51. The lowest BCUT2D eigenvalue weighted by molar-refractivity contribution is 0.615. The standard InChI is InChI=1S/C11H9BrFNOS/c1-7-6-16-11(15)14(7)5-8-3-2-4-9(13)10(8)12/h2-4,6H,5H2,1H3. The van der Waals surface area contributed by atoms with Crippen molar-refractivity contribution < 1.29 is 4.39 Å². The quantitative estimate of drug-likeness (QED) is 0.835. The van der Waals surface area contributed by atoms with Crippen molar-refractivity contribution in [1.29, 1.82) is 0 Å². The monoisotopic (exact) mass is 301 g/mol. The molecule has 0 unspecified atom stereocenters. The van der Waals surface area contributed by atoms with E-state index >= 15 is 0 Å². The first kappa shape index (κ1) is 11.5. The summed E-state index contributed by atoms with van der Waals surface area (Å²) in [6.45, 7) is 2.26. The Morgan fingerprint density at radius 1 is 1.50 bits per heavy atom. The maximum atomic E-state index is 13.3. The highest BCUT2D eigenvalue weighted by Gasteiger charge is 2.08. The van der Waals surface area contributed by atoms with Gasteiger partial charge in [0.15, 0.2) is 0 Å². The molecule has 84 valence electrons. The minimum absolute atomic E-state index is 0.0198. The molecular formula is C11H9BrFNOS. The Balaban J connectivity index is 2.42. The molecule has 1 aromatic heterocycles. The molecule has 0 radical (unpaired) electrons. The molecule has 0 saturated heterocycles. The van der Waals surface area contributed by atoms with E-state index in [-0.39, 0.29) is 10.7 Å². The summed E-state index contributed by atoms with van der Waals surface area (Å²) in [6.07, 6.45) is 0. The summed E-state index contributed by atoms with van der Waals surface area (Å²) in [4.78, 5) is 11.5. The summed E-state index contributed by atoms with van der Waals surface area (Å²) >= 11 is 4.35. The van der Waals surface area contributed by atoms with Gasteiger partial charge in [-0.15, -0.1) is 0 Å². The van der Waals surface area contributed by atoms with Crippen LogP contribution >= 0.6 is 27.3 Å². The molecule has 1 heterocycles. The molecule has 0 fully saturated rings. The number of thiazole rings is 1. The van der Waals surface area contributed by atoms with E-state index in [1.807, 2.05) is 6.92 Å². The number of halogens is 2. The zero-order valence-electron chi connectivity index (χ0n) is 8.54. The van der Waals surface area contributed by atoms with E-state index in [0.717, 1.165) is 22.6 Å². The Kier molecular flexibility index (Phi) is 3.25. The number of aromatic nitrogens is 1. The molecule has 1 aromatic carbocycles. The smallest absolute Gasteiger partial charge is 0.299 e. The largest absolute Gasteiger partial charge is 0.307 e. The average molecular weight is 302 g/mol. The van der Waals surface area contributed by atoms with Crippen molar-refractivity contribution >= 4 is 27.3 Å². The Labute approximate surface area is 104 Å². The van der Waals surface area contributed by atoms with Gasteiger partial charge in [-0.3, -0.25) is 9.36 Å². The minimum Gasteiger partial charge on any atom is -0.299 e. The van der Waals surface area contributed by atoms with Gasteiger partial charge in [0.2, 0.25) is 0 Å². The molecule has 0 amide bonds. The Morgan fingerprint density at radius 2 is 2.25 bits per heavy atom. The van der Waals surface area contributed by atoms with Crippen LogP contribution in [-0.4, -0.2) is 4.57 Å². The van der Waals surface area contributed by atoms with Gasteiger partial charge in [0, 0.05) is 11.1 Å². The zero-order chi connectivity index (χ0) is 11.7. The van der Waals surface area contributed by atoms with Crippen LogP contribution in [0.4, 0.5) is 4.39 Å². The Morgan fingerprint density at radius 3 is 2.88 bits per heavy atom. The first-order valence-corrected chi connectivity index (χ1v) is 6.34. The summed E-state index contributed by atoms with van der Waals surface area (Å²) in [5, 5.41) is 1.80. The van der Waals surface area contributed by atoms with Crippen LogP contribution in [0.1, 0.15) is 11.3 Å². The maximum Gasteiger partial charge on any atom is 0.307 e. The molecular weight excluding hydrogens is 293 g/mol. The number of nitrogens with zero attached hydrogens (tertiary/aromatic N) is 1. The van der Waals surface area contributed by atoms with Gasteiger partial charge >= 0.3 is 4.87 Å². The Hall–Kier alpha value is -0.940. The molecule has 0 N–H and O–H groups in total. The molecule has 0 aliphatic heterocycles. The SMILES string of the molecule is Cc1csc(=O)n1Cc1cccc(F)c1Br. The lowest BCUT2D eigenvalue weighted by atomic mass is 10.2. The fourth-order valence-corrected chi connectivity index (χ4v) is 2.56. The highest BCUT2D eigenvalue weighted by molar-refractivity contribution is 9.10. The topological polar surface area (TPSA) is 22.0 Å². The van der Waals surface area contributed by atoms with Gasteiger partial charge in [0.25, 0.3) is 0 Å². The van der Waals surface area contributed by atoms with E-state index in [1.54, 1.807) is 22.1 Å². The molecule has 0 saturated carbocycles. The third-order valence-electron chi connectivity index (χ3n) is 2.34. The van der Waals surface area contributed by atoms with Gasteiger partial charge in [0.1, 0.15) is 5.82 Å². The van der Waals surface area contributed by atoms with E-state index in [1.165, 1.54) is 6.07 Å². The first-order chi connectivity index (χ1) is 7.59. The molecule has 2 aromatic rings. The van der Waals surface area contributed by atoms with Gasteiger partial charge in [-0.25, -0.2) is 4.39 Å². The second-order valence-corrected chi connectivity index (χ2v) is 5.06. The molecule has 2 rings (SSSR count). The van der Waals surface area contributed by atoms with E-state index in [4.69, 9.17) is 0 Å². The predicted octanol–water partition coefficient (Wildman–Crippen LogP) is 3.17. The van der Waals surface area contributed by atoms with Crippen LogP contribution in [0.2, 0.25) is 0 Å². The molecule has 2 nitrogen and oxygen atoms in total. The summed E-state index contributed by atoms with van der Waals surface area (Å²) < 4.78 is 15.3. The van der Waals surface area contributed by atoms with Crippen LogP contribution in [0.5, 0.6) is 0 Å². The summed E-state index contributed by atoms with van der Waals surface area (Å²) in [6, 6.07) is 4.83. The normalized spacial score (nSPS) is 10.7. The third kappa shape index (κ3) is 2.10. The molecule has 0 aliphatic carbocycles. The molecule has 16 heavy (non-hydrogen) atoms. The maximum absolute atomic E-state index is 13.3.